The van der Waals surface area contributed by atoms with Gasteiger partial charge in [-0.25, -0.2) is 0 Å². The summed E-state index contributed by atoms with van der Waals surface area (Å²) in [5.74, 6) is -0.231. The number of aliphatic hydroxyl groups is 1. The molecule has 0 atom stereocenters. The molecule has 0 aliphatic carbocycles. The minimum absolute atomic E-state index is 0.110. The maximum Gasteiger partial charge on any atom is 0.264 e. The van der Waals surface area contributed by atoms with E-state index in [1.807, 2.05) is 58.9 Å². The molecule has 2 rings (SSSR count). The molecule has 22 heavy (non-hydrogen) atoms. The van der Waals surface area contributed by atoms with Gasteiger partial charge < -0.3 is 14.9 Å². The third-order valence-corrected chi connectivity index (χ3v) is 4.10. The predicted molar refractivity (Wildman–Crippen MR) is 85.1 cm³/mol. The molecule has 2 aliphatic heterocycles. The molecule has 0 radical (unpaired) electrons. The zero-order chi connectivity index (χ0) is 16.0. The Morgan fingerprint density at radius 2 is 1.32 bits per heavy atom. The Hall–Kier alpha value is -1.83. The van der Waals surface area contributed by atoms with Crippen molar-refractivity contribution in [1.29, 1.82) is 0 Å². The van der Waals surface area contributed by atoms with E-state index in [1.165, 1.54) is 0 Å². The highest BCUT2D eigenvalue weighted by Gasteiger charge is 2.08. The van der Waals surface area contributed by atoms with Gasteiger partial charge in [0.05, 0.1) is 12.4 Å². The third-order valence-electron chi connectivity index (χ3n) is 3.29. The smallest absolute Gasteiger partial charge is 0.264 e. The van der Waals surface area contributed by atoms with Crippen LogP contribution in [-0.4, -0.2) is 53.3 Å². The topological polar surface area (TPSA) is 81.1 Å². The van der Waals surface area contributed by atoms with Crippen molar-refractivity contribution in [1.82, 2.24) is 9.80 Å². The van der Waals surface area contributed by atoms with Crippen LogP contribution in [-0.2, 0) is 10.1 Å². The van der Waals surface area contributed by atoms with Crippen LogP contribution in [0, 0.1) is 0 Å². The first kappa shape index (κ1) is 16.5. The van der Waals surface area contributed by atoms with E-state index < -0.39 is 10.1 Å². The fraction of sp³-hybridized carbons (Fsp3) is 0.333. The number of rotatable bonds is 6. The van der Waals surface area contributed by atoms with Gasteiger partial charge in [0.25, 0.3) is 10.1 Å². The molecule has 0 aromatic carbocycles. The minimum atomic E-state index is -3.89. The van der Waals surface area contributed by atoms with E-state index in [0.29, 0.717) is 19.5 Å². The summed E-state index contributed by atoms with van der Waals surface area (Å²) in [5.41, 5.74) is 2.13. The average molecular weight is 324 g/mol. The minimum Gasteiger partial charge on any atom is -0.395 e. The lowest BCUT2D eigenvalue weighted by Gasteiger charge is -2.21. The van der Waals surface area contributed by atoms with Crippen LogP contribution in [0.3, 0.4) is 0 Å². The van der Waals surface area contributed by atoms with Gasteiger partial charge in [0.2, 0.25) is 0 Å². The second-order valence-corrected chi connectivity index (χ2v) is 6.58. The molecule has 0 amide bonds. The van der Waals surface area contributed by atoms with E-state index in [0.717, 1.165) is 11.1 Å². The summed E-state index contributed by atoms with van der Waals surface area (Å²) in [6, 6.07) is 0. The maximum absolute atomic E-state index is 10.7. The third kappa shape index (κ3) is 5.18. The standard InChI is InChI=1S/C15H20N2O4S/c18-12-11-17-9-4-15(5-10-17)14-2-7-16(8-3-14)6-1-13-22(19,20)21/h2-5,7-10,18H,1,6,11-13H2,(H,19,20,21). The normalized spacial score (nSPS) is 17.7. The van der Waals surface area contributed by atoms with E-state index in [-0.39, 0.29) is 12.4 Å². The Balaban J connectivity index is 1.89. The highest BCUT2D eigenvalue weighted by atomic mass is 32.2. The molecule has 6 nitrogen and oxygen atoms in total. The van der Waals surface area contributed by atoms with Crippen molar-refractivity contribution in [2.24, 2.45) is 0 Å². The van der Waals surface area contributed by atoms with E-state index >= 15 is 0 Å². The molecule has 2 N–H and O–H groups in total. The van der Waals surface area contributed by atoms with Crippen molar-refractivity contribution in [2.75, 3.05) is 25.4 Å². The van der Waals surface area contributed by atoms with Crippen LogP contribution in [0.5, 0.6) is 0 Å². The van der Waals surface area contributed by atoms with Crippen LogP contribution in [0.4, 0.5) is 0 Å². The van der Waals surface area contributed by atoms with Gasteiger partial charge in [-0.15, -0.1) is 0 Å². The lowest BCUT2D eigenvalue weighted by molar-refractivity contribution is 0.263. The van der Waals surface area contributed by atoms with Crippen molar-refractivity contribution in [3.63, 3.8) is 0 Å². The first-order chi connectivity index (χ1) is 10.5. The molecule has 0 saturated carbocycles. The monoisotopic (exact) mass is 324 g/mol. The van der Waals surface area contributed by atoms with Gasteiger partial charge in [-0.05, 0) is 41.9 Å². The Bertz CT molecular complexity index is 612. The molecule has 7 heteroatoms. The molecule has 0 aromatic rings. The fourth-order valence-corrected chi connectivity index (χ4v) is 2.64. The van der Waals surface area contributed by atoms with Crippen LogP contribution >= 0.6 is 0 Å². The summed E-state index contributed by atoms with van der Waals surface area (Å²) in [4.78, 5) is 3.78. The average Bonchev–Trinajstić information content (AvgIpc) is 2.48. The molecule has 0 saturated heterocycles. The summed E-state index contributed by atoms with van der Waals surface area (Å²) >= 11 is 0. The quantitative estimate of drug-likeness (QED) is 0.716. The van der Waals surface area contributed by atoms with Crippen molar-refractivity contribution >= 4 is 10.1 Å². The summed E-state index contributed by atoms with van der Waals surface area (Å²) in [7, 11) is -3.89. The lowest BCUT2D eigenvalue weighted by Crippen LogP contribution is -2.18. The van der Waals surface area contributed by atoms with Crippen molar-refractivity contribution in [2.45, 2.75) is 6.42 Å². The fourth-order valence-electron chi connectivity index (χ4n) is 2.14. The largest absolute Gasteiger partial charge is 0.395 e. The van der Waals surface area contributed by atoms with Gasteiger partial charge in [0.15, 0.2) is 0 Å². The Labute approximate surface area is 130 Å². The van der Waals surface area contributed by atoms with Crippen LogP contribution in [0.1, 0.15) is 6.42 Å². The summed E-state index contributed by atoms with van der Waals surface area (Å²) in [6.45, 7) is 1.22. The molecular formula is C15H20N2O4S. The lowest BCUT2D eigenvalue weighted by atomic mass is 10.0. The first-order valence-corrected chi connectivity index (χ1v) is 8.63. The SMILES string of the molecule is O=S(=O)(O)CCCN1C=CC(=C2C=CN(CCO)C=C2)C=C1. The Kier molecular flexibility index (Phi) is 5.59. The molecule has 0 aromatic heterocycles. The van der Waals surface area contributed by atoms with Crippen LogP contribution < -0.4 is 0 Å². The van der Waals surface area contributed by atoms with E-state index in [9.17, 15) is 8.42 Å². The van der Waals surface area contributed by atoms with Gasteiger partial charge in [-0.1, -0.05) is 0 Å². The highest BCUT2D eigenvalue weighted by Crippen LogP contribution is 2.19. The van der Waals surface area contributed by atoms with Crippen LogP contribution in [0.25, 0.3) is 0 Å². The summed E-state index contributed by atoms with van der Waals surface area (Å²) < 4.78 is 30.0. The molecule has 120 valence electrons. The molecule has 2 heterocycles. The second-order valence-electron chi connectivity index (χ2n) is 5.01. The first-order valence-electron chi connectivity index (χ1n) is 7.02. The molecule has 0 unspecified atom stereocenters. The number of aliphatic hydroxyl groups excluding tert-OH is 1. The van der Waals surface area contributed by atoms with Gasteiger partial charge in [-0.2, -0.15) is 8.42 Å². The van der Waals surface area contributed by atoms with Crippen molar-refractivity contribution in [3.05, 3.63) is 60.3 Å². The zero-order valence-electron chi connectivity index (χ0n) is 12.2. The second kappa shape index (κ2) is 7.44. The van der Waals surface area contributed by atoms with Crippen LogP contribution in [0.15, 0.2) is 60.3 Å². The molecular weight excluding hydrogens is 304 g/mol. The van der Waals surface area contributed by atoms with E-state index in [1.54, 1.807) is 0 Å². The van der Waals surface area contributed by atoms with E-state index in [4.69, 9.17) is 9.66 Å². The molecule has 0 spiro atoms. The molecule has 0 fully saturated rings. The number of hydrogen-bond donors (Lipinski definition) is 2. The van der Waals surface area contributed by atoms with Gasteiger partial charge >= 0.3 is 0 Å². The number of allylic oxidation sites excluding steroid dienone is 6. The van der Waals surface area contributed by atoms with Crippen molar-refractivity contribution < 1.29 is 18.1 Å². The molecule has 0 bridgehead atoms. The van der Waals surface area contributed by atoms with Crippen molar-refractivity contribution in [3.8, 4) is 0 Å². The maximum atomic E-state index is 10.7. The molecule has 2 aliphatic rings. The zero-order valence-corrected chi connectivity index (χ0v) is 13.0. The summed E-state index contributed by atoms with van der Waals surface area (Å²) in [5, 5.41) is 8.88. The highest BCUT2D eigenvalue weighted by molar-refractivity contribution is 7.85. The Morgan fingerprint density at radius 3 is 1.73 bits per heavy atom. The van der Waals surface area contributed by atoms with Gasteiger partial charge in [0.1, 0.15) is 0 Å². The predicted octanol–water partition coefficient (Wildman–Crippen LogP) is 1.24. The summed E-state index contributed by atoms with van der Waals surface area (Å²) in [6.07, 6.45) is 15.8. The van der Waals surface area contributed by atoms with E-state index in [2.05, 4.69) is 0 Å². The van der Waals surface area contributed by atoms with Gasteiger partial charge in [0, 0.05) is 37.9 Å². The number of hydrogen-bond acceptors (Lipinski definition) is 5. The number of β-amino-alcohol motifs (C(OH)–C–C–N with tert-alkyl or cyclic N) is 1. The Morgan fingerprint density at radius 1 is 0.864 bits per heavy atom. The van der Waals surface area contributed by atoms with Crippen LogP contribution in [0.2, 0.25) is 0 Å². The number of nitrogens with zero attached hydrogens (tertiary/aromatic N) is 2. The van der Waals surface area contributed by atoms with Gasteiger partial charge in [-0.3, -0.25) is 4.55 Å².